The van der Waals surface area contributed by atoms with Crippen LogP contribution < -0.4 is 16.6 Å². The Morgan fingerprint density at radius 3 is 2.66 bits per heavy atom. The number of anilines is 1. The first-order valence-corrected chi connectivity index (χ1v) is 8.93. The summed E-state index contributed by atoms with van der Waals surface area (Å²) in [4.78, 5) is 52.9. The van der Waals surface area contributed by atoms with Gasteiger partial charge in [0.2, 0.25) is 0 Å². The number of halogens is 1. The number of nitrogens with zero attached hydrogens (tertiary/aromatic N) is 4. The molecule has 1 N–H and O–H groups in total. The number of hydrogen-bond acceptors (Lipinski definition) is 6. The highest BCUT2D eigenvalue weighted by Gasteiger charge is 2.20. The molecule has 3 rings (SSSR count). The molecule has 1 aromatic carbocycles. The van der Waals surface area contributed by atoms with E-state index in [0.29, 0.717) is 10.7 Å². The third-order valence-corrected chi connectivity index (χ3v) is 4.52. The van der Waals surface area contributed by atoms with Gasteiger partial charge in [0.15, 0.2) is 17.3 Å². The number of ether oxygens (including phenoxy) is 1. The van der Waals surface area contributed by atoms with Crippen molar-refractivity contribution < 1.29 is 14.3 Å². The average Bonchev–Trinajstić information content (AvgIpc) is 3.08. The van der Waals surface area contributed by atoms with Gasteiger partial charge < -0.3 is 14.6 Å². The number of carbonyl (C=O) groups is 2. The zero-order valence-corrected chi connectivity index (χ0v) is 16.6. The maximum Gasteiger partial charge on any atom is 0.332 e. The van der Waals surface area contributed by atoms with Crippen molar-refractivity contribution in [2.75, 3.05) is 5.32 Å². The van der Waals surface area contributed by atoms with Crippen LogP contribution in [0.4, 0.5) is 5.69 Å². The Labute approximate surface area is 169 Å². The van der Waals surface area contributed by atoms with Crippen LogP contribution in [0, 0.1) is 0 Å². The molecule has 0 fully saturated rings. The molecule has 0 aliphatic carbocycles. The summed E-state index contributed by atoms with van der Waals surface area (Å²) in [7, 11) is 2.81. The maximum absolute atomic E-state index is 12.4. The van der Waals surface area contributed by atoms with Gasteiger partial charge in [-0.3, -0.25) is 23.5 Å². The molecular formula is C18H18ClN5O5. The van der Waals surface area contributed by atoms with Crippen molar-refractivity contribution in [2.24, 2.45) is 14.1 Å². The smallest absolute Gasteiger partial charge is 0.332 e. The van der Waals surface area contributed by atoms with E-state index in [0.717, 1.165) is 4.57 Å². The molecule has 0 radical (unpaired) electrons. The Kier molecular flexibility index (Phi) is 5.55. The minimum absolute atomic E-state index is 0.0857. The molecule has 1 atom stereocenters. The second-order valence-corrected chi connectivity index (χ2v) is 6.82. The zero-order chi connectivity index (χ0) is 21.3. The van der Waals surface area contributed by atoms with Gasteiger partial charge in [0.05, 0.1) is 6.33 Å². The summed E-state index contributed by atoms with van der Waals surface area (Å²) in [6.07, 6.45) is 0.187. The molecule has 3 aromatic rings. The van der Waals surface area contributed by atoms with E-state index in [9.17, 15) is 19.2 Å². The highest BCUT2D eigenvalue weighted by molar-refractivity contribution is 6.30. The van der Waals surface area contributed by atoms with E-state index in [1.807, 2.05) is 0 Å². The van der Waals surface area contributed by atoms with Gasteiger partial charge in [0, 0.05) is 24.8 Å². The number of hydrogen-bond donors (Lipinski definition) is 1. The van der Waals surface area contributed by atoms with Gasteiger partial charge >= 0.3 is 11.7 Å². The Morgan fingerprint density at radius 1 is 1.24 bits per heavy atom. The molecule has 1 amide bonds. The first-order valence-electron chi connectivity index (χ1n) is 8.55. The summed E-state index contributed by atoms with van der Waals surface area (Å²) in [6, 6.07) is 6.55. The molecule has 0 bridgehead atoms. The quantitative estimate of drug-likeness (QED) is 0.607. The predicted molar refractivity (Wildman–Crippen MR) is 106 cm³/mol. The lowest BCUT2D eigenvalue weighted by molar-refractivity contribution is -0.153. The van der Waals surface area contributed by atoms with Crippen molar-refractivity contribution in [3.63, 3.8) is 0 Å². The van der Waals surface area contributed by atoms with Crippen LogP contribution in [-0.2, 0) is 35.0 Å². The number of nitrogens with one attached hydrogen (secondary N) is 1. The molecule has 0 aliphatic rings. The molecule has 29 heavy (non-hydrogen) atoms. The van der Waals surface area contributed by atoms with Crippen LogP contribution in [0.1, 0.15) is 6.92 Å². The van der Waals surface area contributed by atoms with Crippen molar-refractivity contribution in [2.45, 2.75) is 19.6 Å². The van der Waals surface area contributed by atoms with Gasteiger partial charge in [-0.15, -0.1) is 0 Å². The lowest BCUT2D eigenvalue weighted by atomic mass is 10.3. The molecule has 0 saturated heterocycles. The molecule has 11 heteroatoms. The third-order valence-electron chi connectivity index (χ3n) is 4.29. The topological polar surface area (TPSA) is 117 Å². The summed E-state index contributed by atoms with van der Waals surface area (Å²) in [5.41, 5.74) is -0.405. The molecule has 152 valence electrons. The highest BCUT2D eigenvalue weighted by atomic mass is 35.5. The number of amides is 1. The molecule has 2 aromatic heterocycles. The summed E-state index contributed by atoms with van der Waals surface area (Å²) in [5, 5.41) is 3.05. The van der Waals surface area contributed by atoms with Crippen LogP contribution >= 0.6 is 11.6 Å². The SMILES string of the molecule is CC(OC(=O)Cn1cnc2c1c(=O)n(C)c(=O)n2C)C(=O)Nc1cccc(Cl)c1. The van der Waals surface area contributed by atoms with Gasteiger partial charge in [-0.25, -0.2) is 9.78 Å². The summed E-state index contributed by atoms with van der Waals surface area (Å²) < 4.78 is 8.56. The van der Waals surface area contributed by atoms with E-state index < -0.39 is 29.2 Å². The van der Waals surface area contributed by atoms with Crippen LogP contribution in [0.25, 0.3) is 11.2 Å². The van der Waals surface area contributed by atoms with Crippen LogP contribution in [0.15, 0.2) is 40.2 Å². The predicted octanol–water partition coefficient (Wildman–Crippen LogP) is 0.657. The van der Waals surface area contributed by atoms with Crippen molar-refractivity contribution in [3.8, 4) is 0 Å². The first kappa shape index (κ1) is 20.3. The number of imidazole rings is 1. The number of rotatable bonds is 5. The van der Waals surface area contributed by atoms with Gasteiger partial charge in [-0.1, -0.05) is 17.7 Å². The van der Waals surface area contributed by atoms with Gasteiger partial charge in [-0.05, 0) is 25.1 Å². The summed E-state index contributed by atoms with van der Waals surface area (Å²) in [6.45, 7) is 1.07. The second kappa shape index (κ2) is 7.92. The fourth-order valence-electron chi connectivity index (χ4n) is 2.75. The van der Waals surface area contributed by atoms with E-state index in [-0.39, 0.29) is 17.7 Å². The van der Waals surface area contributed by atoms with Crippen LogP contribution in [0.2, 0.25) is 5.02 Å². The number of carbonyl (C=O) groups excluding carboxylic acids is 2. The molecule has 2 heterocycles. The maximum atomic E-state index is 12.4. The van der Waals surface area contributed by atoms with Gasteiger partial charge in [-0.2, -0.15) is 0 Å². The van der Waals surface area contributed by atoms with E-state index in [4.69, 9.17) is 16.3 Å². The Bertz CT molecular complexity index is 1230. The number of fused-ring (bicyclic) bond motifs is 1. The van der Waals surface area contributed by atoms with Gasteiger partial charge in [0.1, 0.15) is 6.54 Å². The van der Waals surface area contributed by atoms with Crippen molar-refractivity contribution in [3.05, 3.63) is 56.5 Å². The minimum Gasteiger partial charge on any atom is -0.451 e. The van der Waals surface area contributed by atoms with Crippen molar-refractivity contribution in [1.29, 1.82) is 0 Å². The molecule has 0 aliphatic heterocycles. The summed E-state index contributed by atoms with van der Waals surface area (Å²) in [5.74, 6) is -1.27. The van der Waals surface area contributed by atoms with E-state index in [2.05, 4.69) is 10.3 Å². The van der Waals surface area contributed by atoms with E-state index in [1.54, 1.807) is 24.3 Å². The molecule has 1 unspecified atom stereocenters. The van der Waals surface area contributed by atoms with Crippen molar-refractivity contribution >= 4 is 40.3 Å². The minimum atomic E-state index is -1.08. The third kappa shape index (κ3) is 4.06. The van der Waals surface area contributed by atoms with Crippen LogP contribution in [0.5, 0.6) is 0 Å². The first-order chi connectivity index (χ1) is 13.7. The Morgan fingerprint density at radius 2 is 1.97 bits per heavy atom. The molecular weight excluding hydrogens is 402 g/mol. The lowest BCUT2D eigenvalue weighted by Gasteiger charge is -2.14. The average molecular weight is 420 g/mol. The fraction of sp³-hybridized carbons (Fsp3) is 0.278. The summed E-state index contributed by atoms with van der Waals surface area (Å²) >= 11 is 5.87. The normalized spacial score (nSPS) is 12.0. The number of benzene rings is 1. The fourth-order valence-corrected chi connectivity index (χ4v) is 2.94. The number of aryl methyl sites for hydroxylation is 1. The largest absolute Gasteiger partial charge is 0.451 e. The standard InChI is InChI=1S/C18H18ClN5O5/c1-10(16(26)21-12-6-4-5-11(19)7-12)29-13(25)8-24-9-20-15-14(24)17(27)23(3)18(28)22(15)2/h4-7,9-10H,8H2,1-3H3,(H,21,26). The van der Waals surface area contributed by atoms with Crippen LogP contribution in [0.3, 0.4) is 0 Å². The van der Waals surface area contributed by atoms with E-state index >= 15 is 0 Å². The number of esters is 1. The monoisotopic (exact) mass is 419 g/mol. The molecule has 0 spiro atoms. The highest BCUT2D eigenvalue weighted by Crippen LogP contribution is 2.15. The molecule has 0 saturated carbocycles. The van der Waals surface area contributed by atoms with E-state index in [1.165, 1.54) is 36.5 Å². The van der Waals surface area contributed by atoms with Crippen molar-refractivity contribution in [1.82, 2.24) is 18.7 Å². The molecule has 10 nitrogen and oxygen atoms in total. The Hall–Kier alpha value is -3.40. The second-order valence-electron chi connectivity index (χ2n) is 6.38. The zero-order valence-electron chi connectivity index (χ0n) is 15.9. The van der Waals surface area contributed by atoms with Gasteiger partial charge in [0.25, 0.3) is 11.5 Å². The number of aromatic nitrogens is 4. The Balaban J connectivity index is 1.73. The van der Waals surface area contributed by atoms with Crippen LogP contribution in [-0.4, -0.2) is 36.7 Å². The lowest BCUT2D eigenvalue weighted by Crippen LogP contribution is -2.38.